The fourth-order valence-electron chi connectivity index (χ4n) is 2.09. The average Bonchev–Trinajstić information content (AvgIpc) is 2.57. The molecule has 0 aliphatic heterocycles. The summed E-state index contributed by atoms with van der Waals surface area (Å²) in [6, 6.07) is 10.5. The van der Waals surface area contributed by atoms with Crippen LogP contribution in [-0.2, 0) is 6.42 Å². The predicted molar refractivity (Wildman–Crippen MR) is 97.8 cm³/mol. The Morgan fingerprint density at radius 1 is 1.42 bits per heavy atom. The Kier molecular flexibility index (Phi) is 6.14. The molecule has 5 nitrogen and oxygen atoms in total. The van der Waals surface area contributed by atoms with Gasteiger partial charge in [-0.2, -0.15) is 5.10 Å². The van der Waals surface area contributed by atoms with Crippen molar-refractivity contribution >= 4 is 28.1 Å². The largest absolute Gasteiger partial charge is 0.504 e. The molecule has 2 rings (SSSR count). The normalized spacial score (nSPS) is 10.6. The molecule has 0 aromatic heterocycles. The maximum Gasteiger partial charge on any atom is 0.272 e. The molecule has 0 radical (unpaired) electrons. The summed E-state index contributed by atoms with van der Waals surface area (Å²) in [6.07, 6.45) is 3.75. The zero-order valence-corrected chi connectivity index (χ0v) is 14.7. The molecule has 1 amide bonds. The fraction of sp³-hybridized carbons (Fsp3) is 0.111. The van der Waals surface area contributed by atoms with E-state index in [0.717, 1.165) is 5.56 Å². The topological polar surface area (TPSA) is 70.9 Å². The van der Waals surface area contributed by atoms with Crippen molar-refractivity contribution in [3.05, 3.63) is 70.2 Å². The average molecular weight is 389 g/mol. The first-order valence-corrected chi connectivity index (χ1v) is 7.94. The van der Waals surface area contributed by atoms with E-state index in [4.69, 9.17) is 4.74 Å². The van der Waals surface area contributed by atoms with Crippen LogP contribution < -0.4 is 10.2 Å². The van der Waals surface area contributed by atoms with E-state index in [9.17, 15) is 9.90 Å². The number of hydrogen-bond acceptors (Lipinski definition) is 4. The lowest BCUT2D eigenvalue weighted by Crippen LogP contribution is -2.18. The van der Waals surface area contributed by atoms with Crippen molar-refractivity contribution in [2.45, 2.75) is 6.42 Å². The van der Waals surface area contributed by atoms with Gasteiger partial charge >= 0.3 is 0 Å². The second-order valence-corrected chi connectivity index (χ2v) is 5.76. The quantitative estimate of drug-likeness (QED) is 0.450. The molecule has 2 aromatic rings. The lowest BCUT2D eigenvalue weighted by molar-refractivity contribution is 0.0954. The summed E-state index contributed by atoms with van der Waals surface area (Å²) >= 11 is 3.31. The second kappa shape index (κ2) is 8.31. The highest BCUT2D eigenvalue weighted by Crippen LogP contribution is 2.30. The maximum absolute atomic E-state index is 12.1. The number of hydrazone groups is 1. The summed E-state index contributed by atoms with van der Waals surface area (Å²) in [5.41, 5.74) is 4.26. The van der Waals surface area contributed by atoms with Crippen molar-refractivity contribution in [3.8, 4) is 11.5 Å². The van der Waals surface area contributed by atoms with E-state index in [1.807, 2.05) is 6.07 Å². The van der Waals surface area contributed by atoms with Gasteiger partial charge < -0.3 is 9.84 Å². The van der Waals surface area contributed by atoms with Gasteiger partial charge in [-0.1, -0.05) is 18.2 Å². The Labute approximate surface area is 148 Å². The van der Waals surface area contributed by atoms with Gasteiger partial charge in [-0.05, 0) is 52.2 Å². The van der Waals surface area contributed by atoms with Crippen molar-refractivity contribution in [3.63, 3.8) is 0 Å². The van der Waals surface area contributed by atoms with Crippen LogP contribution in [0.15, 0.2) is 58.6 Å². The zero-order valence-electron chi connectivity index (χ0n) is 13.1. The number of halogens is 1. The van der Waals surface area contributed by atoms with Gasteiger partial charge in [0.05, 0.1) is 18.9 Å². The van der Waals surface area contributed by atoms with Crippen LogP contribution in [0.2, 0.25) is 0 Å². The van der Waals surface area contributed by atoms with Crippen LogP contribution in [0.5, 0.6) is 11.5 Å². The molecule has 24 heavy (non-hydrogen) atoms. The predicted octanol–water partition coefficient (Wildman–Crippen LogP) is 3.66. The third-order valence-electron chi connectivity index (χ3n) is 3.25. The van der Waals surface area contributed by atoms with Crippen molar-refractivity contribution < 1.29 is 14.6 Å². The van der Waals surface area contributed by atoms with Gasteiger partial charge in [-0.15, -0.1) is 6.58 Å². The highest BCUT2D eigenvalue weighted by molar-refractivity contribution is 9.10. The highest BCUT2D eigenvalue weighted by atomic mass is 79.9. The number of rotatable bonds is 6. The third-order valence-corrected chi connectivity index (χ3v) is 3.94. The molecular formula is C18H17BrN2O3. The Bertz CT molecular complexity index is 788. The van der Waals surface area contributed by atoms with Crippen molar-refractivity contribution in [1.82, 2.24) is 5.43 Å². The van der Waals surface area contributed by atoms with Gasteiger partial charge in [0, 0.05) is 10.0 Å². The molecule has 0 spiro atoms. The Morgan fingerprint density at radius 2 is 2.17 bits per heavy atom. The lowest BCUT2D eigenvalue weighted by atomic mass is 10.1. The number of methoxy groups -OCH3 is 1. The molecule has 0 unspecified atom stereocenters. The molecule has 0 heterocycles. The monoisotopic (exact) mass is 388 g/mol. The van der Waals surface area contributed by atoms with E-state index in [0.29, 0.717) is 27.8 Å². The van der Waals surface area contributed by atoms with E-state index in [1.54, 1.807) is 36.4 Å². The molecule has 2 aromatic carbocycles. The second-order valence-electron chi connectivity index (χ2n) is 4.91. The summed E-state index contributed by atoms with van der Waals surface area (Å²) in [4.78, 5) is 12.1. The zero-order chi connectivity index (χ0) is 17.5. The number of carbonyl (C=O) groups excluding carboxylic acids is 1. The number of nitrogens with one attached hydrogen (secondary N) is 1. The van der Waals surface area contributed by atoms with Crippen LogP contribution >= 0.6 is 15.9 Å². The number of aromatic hydroxyl groups is 1. The van der Waals surface area contributed by atoms with Crippen molar-refractivity contribution in [1.29, 1.82) is 0 Å². The van der Waals surface area contributed by atoms with Crippen LogP contribution in [0.3, 0.4) is 0 Å². The Morgan fingerprint density at radius 3 is 2.83 bits per heavy atom. The van der Waals surface area contributed by atoms with Crippen LogP contribution in [0.1, 0.15) is 21.5 Å². The molecule has 0 atom stereocenters. The molecular weight excluding hydrogens is 372 g/mol. The van der Waals surface area contributed by atoms with Crippen LogP contribution in [0.25, 0.3) is 0 Å². The number of phenolic OH excluding ortho intramolecular Hbond substituents is 1. The smallest absolute Gasteiger partial charge is 0.272 e. The van der Waals surface area contributed by atoms with Gasteiger partial charge in [0.2, 0.25) is 0 Å². The van der Waals surface area contributed by atoms with Gasteiger partial charge in [0.1, 0.15) is 0 Å². The molecule has 0 aliphatic carbocycles. The number of carbonyl (C=O) groups is 1. The number of benzene rings is 2. The molecule has 6 heteroatoms. The first kappa shape index (κ1) is 17.7. The van der Waals surface area contributed by atoms with E-state index < -0.39 is 0 Å². The maximum atomic E-state index is 12.1. The minimum Gasteiger partial charge on any atom is -0.504 e. The number of nitrogens with zero attached hydrogens (tertiary/aromatic N) is 1. The number of allylic oxidation sites excluding steroid dienone is 1. The van der Waals surface area contributed by atoms with E-state index >= 15 is 0 Å². The van der Waals surface area contributed by atoms with Crippen molar-refractivity contribution in [2.75, 3.05) is 7.11 Å². The number of hydrogen-bond donors (Lipinski definition) is 2. The van der Waals surface area contributed by atoms with Crippen molar-refractivity contribution in [2.24, 2.45) is 5.10 Å². The van der Waals surface area contributed by atoms with E-state index in [2.05, 4.69) is 33.0 Å². The number of amides is 1. The number of ether oxygens (including phenoxy) is 1. The fourth-order valence-corrected chi connectivity index (χ4v) is 2.56. The summed E-state index contributed by atoms with van der Waals surface area (Å²) in [6.45, 7) is 3.69. The molecule has 0 fully saturated rings. The molecule has 0 bridgehead atoms. The first-order valence-electron chi connectivity index (χ1n) is 7.15. The Hall–Kier alpha value is -2.60. The van der Waals surface area contributed by atoms with Gasteiger partial charge in [-0.3, -0.25) is 4.79 Å². The molecule has 124 valence electrons. The van der Waals surface area contributed by atoms with Crippen LogP contribution in [0.4, 0.5) is 0 Å². The van der Waals surface area contributed by atoms with Crippen LogP contribution in [-0.4, -0.2) is 24.3 Å². The molecule has 2 N–H and O–H groups in total. The summed E-state index contributed by atoms with van der Waals surface area (Å²) in [5, 5.41) is 14.1. The third kappa shape index (κ3) is 4.23. The summed E-state index contributed by atoms with van der Waals surface area (Å²) < 4.78 is 5.82. The van der Waals surface area contributed by atoms with Gasteiger partial charge in [-0.25, -0.2) is 5.43 Å². The lowest BCUT2D eigenvalue weighted by Gasteiger charge is -2.09. The molecule has 0 saturated heterocycles. The minimum atomic E-state index is -0.354. The minimum absolute atomic E-state index is 0.0378. The first-order chi connectivity index (χ1) is 11.6. The Balaban J connectivity index is 2.19. The molecule has 0 saturated carbocycles. The van der Waals surface area contributed by atoms with Gasteiger partial charge in [0.15, 0.2) is 11.5 Å². The molecule has 0 aliphatic rings. The van der Waals surface area contributed by atoms with E-state index in [-0.39, 0.29) is 11.7 Å². The summed E-state index contributed by atoms with van der Waals surface area (Å²) in [7, 11) is 1.47. The van der Waals surface area contributed by atoms with Crippen LogP contribution in [0, 0.1) is 0 Å². The SMILES string of the molecule is C=CCc1cc(C=NNC(=O)c2ccccc2Br)c(O)c(OC)c1. The summed E-state index contributed by atoms with van der Waals surface area (Å²) in [5.74, 6) is -0.0513. The standard InChI is InChI=1S/C18H17BrN2O3/c1-3-6-12-9-13(17(22)16(10-12)24-2)11-20-21-18(23)14-7-4-5-8-15(14)19/h3-5,7-11,22H,1,6H2,2H3,(H,21,23). The van der Waals surface area contributed by atoms with Gasteiger partial charge in [0.25, 0.3) is 5.91 Å². The highest BCUT2D eigenvalue weighted by Gasteiger charge is 2.10. The number of phenols is 1. The van der Waals surface area contributed by atoms with E-state index in [1.165, 1.54) is 13.3 Å².